The highest BCUT2D eigenvalue weighted by molar-refractivity contribution is 4.73. The van der Waals surface area contributed by atoms with E-state index in [1.54, 1.807) is 0 Å². The standard InChI is InChI=1S/C6H10F2O2/c1-6(7,8)5-2-3-9-4-10-5/h5H,2-4H2,1H3. The summed E-state index contributed by atoms with van der Waals surface area (Å²) < 4.78 is 34.3. The van der Waals surface area contributed by atoms with Crippen LogP contribution in [0, 0.1) is 0 Å². The largest absolute Gasteiger partial charge is 0.355 e. The third-order valence-electron chi connectivity index (χ3n) is 1.44. The van der Waals surface area contributed by atoms with Crippen molar-refractivity contribution >= 4 is 0 Å². The quantitative estimate of drug-likeness (QED) is 0.565. The van der Waals surface area contributed by atoms with Gasteiger partial charge in [0, 0.05) is 13.3 Å². The fourth-order valence-electron chi connectivity index (χ4n) is 0.863. The molecule has 60 valence electrons. The second-order valence-electron chi connectivity index (χ2n) is 2.43. The van der Waals surface area contributed by atoms with Crippen LogP contribution in [0.15, 0.2) is 0 Å². The van der Waals surface area contributed by atoms with E-state index in [9.17, 15) is 8.78 Å². The Bertz CT molecular complexity index is 105. The van der Waals surface area contributed by atoms with Crippen LogP contribution >= 0.6 is 0 Å². The molecule has 1 fully saturated rings. The third kappa shape index (κ3) is 1.88. The number of hydrogen-bond acceptors (Lipinski definition) is 2. The van der Waals surface area contributed by atoms with Gasteiger partial charge in [0.1, 0.15) is 12.9 Å². The van der Waals surface area contributed by atoms with E-state index < -0.39 is 12.0 Å². The van der Waals surface area contributed by atoms with Crippen LogP contribution in [0.25, 0.3) is 0 Å². The van der Waals surface area contributed by atoms with E-state index in [0.717, 1.165) is 6.92 Å². The summed E-state index contributed by atoms with van der Waals surface area (Å²) in [6.07, 6.45) is -0.676. The highest BCUT2D eigenvalue weighted by atomic mass is 19.3. The molecule has 1 atom stereocenters. The molecule has 2 nitrogen and oxygen atoms in total. The maximum atomic E-state index is 12.4. The van der Waals surface area contributed by atoms with Crippen LogP contribution in [-0.2, 0) is 9.47 Å². The number of halogens is 2. The van der Waals surface area contributed by atoms with Gasteiger partial charge in [-0.25, -0.2) is 8.78 Å². The molecule has 0 aromatic rings. The lowest BCUT2D eigenvalue weighted by molar-refractivity contribution is -0.211. The summed E-state index contributed by atoms with van der Waals surface area (Å²) in [5.41, 5.74) is 0. The van der Waals surface area contributed by atoms with Crippen LogP contribution in [0.4, 0.5) is 8.78 Å². The van der Waals surface area contributed by atoms with Crippen molar-refractivity contribution in [3.05, 3.63) is 0 Å². The van der Waals surface area contributed by atoms with Crippen molar-refractivity contribution in [3.8, 4) is 0 Å². The molecule has 0 aliphatic carbocycles. The van der Waals surface area contributed by atoms with Crippen molar-refractivity contribution in [1.29, 1.82) is 0 Å². The molecule has 0 amide bonds. The van der Waals surface area contributed by atoms with Crippen LogP contribution in [0.5, 0.6) is 0 Å². The molecule has 0 aromatic heterocycles. The number of rotatable bonds is 1. The van der Waals surface area contributed by atoms with Gasteiger partial charge < -0.3 is 9.47 Å². The van der Waals surface area contributed by atoms with Crippen LogP contribution in [-0.4, -0.2) is 25.4 Å². The van der Waals surface area contributed by atoms with Gasteiger partial charge in [-0.15, -0.1) is 0 Å². The minimum Gasteiger partial charge on any atom is -0.355 e. The maximum Gasteiger partial charge on any atom is 0.271 e. The SMILES string of the molecule is CC(F)(F)C1CCOCO1. The first kappa shape index (κ1) is 7.88. The smallest absolute Gasteiger partial charge is 0.271 e. The van der Waals surface area contributed by atoms with Gasteiger partial charge in [-0.05, 0) is 0 Å². The summed E-state index contributed by atoms with van der Waals surface area (Å²) in [6.45, 7) is 1.23. The normalized spacial score (nSPS) is 28.5. The van der Waals surface area contributed by atoms with Gasteiger partial charge in [0.2, 0.25) is 0 Å². The Balaban J connectivity index is 2.39. The van der Waals surface area contributed by atoms with Crippen molar-refractivity contribution in [2.45, 2.75) is 25.4 Å². The summed E-state index contributed by atoms with van der Waals surface area (Å²) in [5.74, 6) is -2.73. The molecule has 1 unspecified atom stereocenters. The molecule has 0 spiro atoms. The molecule has 1 saturated heterocycles. The van der Waals surface area contributed by atoms with Crippen LogP contribution in [0.3, 0.4) is 0 Å². The Morgan fingerprint density at radius 2 is 2.20 bits per heavy atom. The molecule has 1 aliphatic rings. The highest BCUT2D eigenvalue weighted by Gasteiger charge is 2.36. The van der Waals surface area contributed by atoms with Gasteiger partial charge in [0.25, 0.3) is 5.92 Å². The monoisotopic (exact) mass is 152 g/mol. The lowest BCUT2D eigenvalue weighted by Crippen LogP contribution is -2.37. The Labute approximate surface area is 58.1 Å². The van der Waals surface area contributed by atoms with Crippen LogP contribution in [0.1, 0.15) is 13.3 Å². The minimum absolute atomic E-state index is 0.00586. The first-order chi connectivity index (χ1) is 4.61. The molecule has 1 heterocycles. The van der Waals surface area contributed by atoms with E-state index >= 15 is 0 Å². The lowest BCUT2D eigenvalue weighted by Gasteiger charge is -2.27. The van der Waals surface area contributed by atoms with Crippen LogP contribution < -0.4 is 0 Å². The summed E-state index contributed by atoms with van der Waals surface area (Å²) >= 11 is 0. The minimum atomic E-state index is -2.73. The van der Waals surface area contributed by atoms with Crippen molar-refractivity contribution in [2.75, 3.05) is 13.4 Å². The molecule has 0 radical (unpaired) electrons. The third-order valence-corrected chi connectivity index (χ3v) is 1.44. The van der Waals surface area contributed by atoms with Gasteiger partial charge in [-0.3, -0.25) is 0 Å². The second-order valence-corrected chi connectivity index (χ2v) is 2.43. The van der Waals surface area contributed by atoms with Gasteiger partial charge in [-0.2, -0.15) is 0 Å². The fraction of sp³-hybridized carbons (Fsp3) is 1.00. The number of alkyl halides is 2. The molecular weight excluding hydrogens is 142 g/mol. The fourth-order valence-corrected chi connectivity index (χ4v) is 0.863. The lowest BCUT2D eigenvalue weighted by atomic mass is 10.1. The molecule has 0 N–H and O–H groups in total. The Morgan fingerprint density at radius 1 is 1.50 bits per heavy atom. The van der Waals surface area contributed by atoms with Gasteiger partial charge in [-0.1, -0.05) is 0 Å². The van der Waals surface area contributed by atoms with Gasteiger partial charge >= 0.3 is 0 Å². The van der Waals surface area contributed by atoms with E-state index in [1.807, 2.05) is 0 Å². The zero-order valence-corrected chi connectivity index (χ0v) is 5.77. The second kappa shape index (κ2) is 2.80. The summed E-state index contributed by atoms with van der Waals surface area (Å²) in [6, 6.07) is 0. The van der Waals surface area contributed by atoms with E-state index in [4.69, 9.17) is 4.74 Å². The average molecular weight is 152 g/mol. The van der Waals surface area contributed by atoms with Crippen molar-refractivity contribution in [2.24, 2.45) is 0 Å². The number of hydrogen-bond donors (Lipinski definition) is 0. The topological polar surface area (TPSA) is 18.5 Å². The zero-order valence-electron chi connectivity index (χ0n) is 5.77. The maximum absolute atomic E-state index is 12.4. The Hall–Kier alpha value is -0.220. The first-order valence-corrected chi connectivity index (χ1v) is 3.18. The average Bonchev–Trinajstić information content (AvgIpc) is 1.88. The first-order valence-electron chi connectivity index (χ1n) is 3.18. The molecule has 10 heavy (non-hydrogen) atoms. The molecule has 1 rings (SSSR count). The van der Waals surface area contributed by atoms with E-state index in [0.29, 0.717) is 6.61 Å². The summed E-state index contributed by atoms with van der Waals surface area (Å²) in [7, 11) is 0. The zero-order chi connectivity index (χ0) is 7.61. The van der Waals surface area contributed by atoms with E-state index in [1.165, 1.54) is 0 Å². The molecule has 4 heteroatoms. The van der Waals surface area contributed by atoms with Crippen molar-refractivity contribution in [1.82, 2.24) is 0 Å². The molecular formula is C6H10F2O2. The van der Waals surface area contributed by atoms with Gasteiger partial charge in [0.05, 0.1) is 6.61 Å². The van der Waals surface area contributed by atoms with E-state index in [2.05, 4.69) is 4.74 Å². The van der Waals surface area contributed by atoms with Crippen molar-refractivity contribution < 1.29 is 18.3 Å². The Morgan fingerprint density at radius 3 is 2.50 bits per heavy atom. The predicted octanol–water partition coefficient (Wildman–Crippen LogP) is 1.40. The summed E-state index contributed by atoms with van der Waals surface area (Å²) in [5, 5.41) is 0. The predicted molar refractivity (Wildman–Crippen MR) is 30.9 cm³/mol. The number of ether oxygens (including phenoxy) is 2. The van der Waals surface area contributed by atoms with Crippen LogP contribution in [0.2, 0.25) is 0 Å². The highest BCUT2D eigenvalue weighted by Crippen LogP contribution is 2.24. The summed E-state index contributed by atoms with van der Waals surface area (Å²) in [4.78, 5) is 0. The van der Waals surface area contributed by atoms with Crippen molar-refractivity contribution in [3.63, 3.8) is 0 Å². The molecule has 0 saturated carbocycles. The van der Waals surface area contributed by atoms with Gasteiger partial charge in [0.15, 0.2) is 0 Å². The Kier molecular flexibility index (Phi) is 2.21. The molecule has 0 aromatic carbocycles. The molecule has 0 bridgehead atoms. The van der Waals surface area contributed by atoms with E-state index in [-0.39, 0.29) is 13.2 Å². The molecule has 1 aliphatic heterocycles.